The maximum atomic E-state index is 13.6. The van der Waals surface area contributed by atoms with E-state index in [0.717, 1.165) is 35.7 Å². The van der Waals surface area contributed by atoms with E-state index >= 15 is 0 Å². The normalized spacial score (nSPS) is 25.2. The summed E-state index contributed by atoms with van der Waals surface area (Å²) in [5, 5.41) is 6.70. The number of halogens is 1. The number of rotatable bonds is 10. The Morgan fingerprint density at radius 2 is 1.77 bits per heavy atom. The predicted molar refractivity (Wildman–Crippen MR) is 130 cm³/mol. The van der Waals surface area contributed by atoms with Crippen LogP contribution in [0, 0.1) is 0 Å². The molecule has 2 aromatic rings. The van der Waals surface area contributed by atoms with Crippen molar-refractivity contribution in [1.82, 2.24) is 10.6 Å². The molecule has 4 rings (SSSR count). The summed E-state index contributed by atoms with van der Waals surface area (Å²) in [6, 6.07) is 16.0. The molecule has 0 radical (unpaired) electrons. The highest BCUT2D eigenvalue weighted by atomic mass is 79.9. The minimum absolute atomic E-state index is 0.0312. The lowest BCUT2D eigenvalue weighted by Crippen LogP contribution is -2.50. The van der Waals surface area contributed by atoms with E-state index in [2.05, 4.69) is 45.6 Å². The first kappa shape index (κ1) is 23.0. The van der Waals surface area contributed by atoms with Crippen LogP contribution in [0.4, 0.5) is 0 Å². The van der Waals surface area contributed by atoms with Crippen molar-refractivity contribution in [3.63, 3.8) is 0 Å². The summed E-state index contributed by atoms with van der Waals surface area (Å²) in [4.78, 5) is 0.457. The summed E-state index contributed by atoms with van der Waals surface area (Å²) in [5.74, 6) is 0. The molecule has 2 fully saturated rings. The molecule has 31 heavy (non-hydrogen) atoms. The number of fused-ring (bicyclic) bond motifs is 2. The molecule has 0 aromatic heterocycles. The Morgan fingerprint density at radius 3 is 2.52 bits per heavy atom. The van der Waals surface area contributed by atoms with Gasteiger partial charge in [-0.15, -0.1) is 0 Å². The summed E-state index contributed by atoms with van der Waals surface area (Å²) in [5.41, 5.74) is 2.38. The lowest BCUT2D eigenvalue weighted by atomic mass is 9.94. The predicted octanol–water partition coefficient (Wildman–Crippen LogP) is 5.01. The highest BCUT2D eigenvalue weighted by molar-refractivity contribution is 9.10. The number of hydrogen-bond donors (Lipinski definition) is 2. The maximum Gasteiger partial charge on any atom is 0.184 e. The first-order chi connectivity index (χ1) is 15.0. The lowest BCUT2D eigenvalue weighted by molar-refractivity contribution is 0.409. The van der Waals surface area contributed by atoms with E-state index in [1.165, 1.54) is 24.8 Å². The van der Waals surface area contributed by atoms with Gasteiger partial charge >= 0.3 is 0 Å². The van der Waals surface area contributed by atoms with Gasteiger partial charge in [0.25, 0.3) is 0 Å². The molecule has 168 valence electrons. The molecule has 4 nitrogen and oxygen atoms in total. The highest BCUT2D eigenvalue weighted by Gasteiger charge is 2.53. The van der Waals surface area contributed by atoms with Crippen molar-refractivity contribution in [2.24, 2.45) is 0 Å². The SMILES string of the molecule is CCCCCCc1ccc(S(=O)(=O)[C@@H]2[C@H](NCc3cccc(Br)c3)[C@H]3CC[C@@H]2N3)cc1. The number of hydrogen-bond acceptors (Lipinski definition) is 4. The van der Waals surface area contributed by atoms with E-state index in [0.29, 0.717) is 11.4 Å². The summed E-state index contributed by atoms with van der Waals surface area (Å²) < 4.78 is 28.3. The Balaban J connectivity index is 1.46. The maximum absolute atomic E-state index is 13.6. The molecule has 2 N–H and O–H groups in total. The van der Waals surface area contributed by atoms with Crippen LogP contribution in [0.1, 0.15) is 56.6 Å². The Labute approximate surface area is 195 Å². The van der Waals surface area contributed by atoms with Crippen molar-refractivity contribution in [3.05, 3.63) is 64.1 Å². The van der Waals surface area contributed by atoms with Crippen molar-refractivity contribution < 1.29 is 8.42 Å². The Morgan fingerprint density at radius 1 is 1.00 bits per heavy atom. The minimum atomic E-state index is -3.41. The van der Waals surface area contributed by atoms with Crippen LogP contribution in [0.25, 0.3) is 0 Å². The molecule has 2 saturated heterocycles. The lowest BCUT2D eigenvalue weighted by Gasteiger charge is -2.30. The molecule has 6 heteroatoms. The van der Waals surface area contributed by atoms with Gasteiger partial charge in [0.2, 0.25) is 0 Å². The van der Waals surface area contributed by atoms with Crippen LogP contribution in [0.3, 0.4) is 0 Å². The summed E-state index contributed by atoms with van der Waals surface area (Å²) in [6.45, 7) is 2.88. The summed E-state index contributed by atoms with van der Waals surface area (Å²) >= 11 is 3.52. The fourth-order valence-electron chi connectivity index (χ4n) is 5.13. The fraction of sp³-hybridized carbons (Fsp3) is 0.520. The quantitative estimate of drug-likeness (QED) is 0.446. The van der Waals surface area contributed by atoms with Crippen LogP contribution < -0.4 is 10.6 Å². The molecule has 0 spiro atoms. The van der Waals surface area contributed by atoms with Crippen molar-refractivity contribution in [1.29, 1.82) is 0 Å². The van der Waals surface area contributed by atoms with Crippen LogP contribution in [-0.2, 0) is 22.8 Å². The van der Waals surface area contributed by atoms with Gasteiger partial charge in [0.1, 0.15) is 0 Å². The Kier molecular flexibility index (Phi) is 7.52. The third kappa shape index (κ3) is 5.24. The molecule has 0 aliphatic carbocycles. The average Bonchev–Trinajstić information content (AvgIpc) is 3.38. The largest absolute Gasteiger partial charge is 0.308 e. The molecule has 0 amide bonds. The van der Waals surface area contributed by atoms with Gasteiger partial charge in [-0.25, -0.2) is 8.42 Å². The molecule has 2 heterocycles. The topological polar surface area (TPSA) is 58.2 Å². The van der Waals surface area contributed by atoms with Gasteiger partial charge in [0.15, 0.2) is 9.84 Å². The summed E-state index contributed by atoms with van der Waals surface area (Å²) in [7, 11) is -3.41. The molecule has 2 aliphatic rings. The Hall–Kier alpha value is -1.21. The smallest absolute Gasteiger partial charge is 0.184 e. The van der Waals surface area contributed by atoms with Crippen LogP contribution in [0.15, 0.2) is 57.9 Å². The van der Waals surface area contributed by atoms with E-state index < -0.39 is 15.1 Å². The second-order valence-electron chi connectivity index (χ2n) is 8.96. The van der Waals surface area contributed by atoms with E-state index in [4.69, 9.17) is 0 Å². The molecule has 2 bridgehead atoms. The van der Waals surface area contributed by atoms with Gasteiger partial charge in [-0.1, -0.05) is 66.4 Å². The third-order valence-electron chi connectivity index (χ3n) is 6.76. The molecule has 2 aromatic carbocycles. The van der Waals surface area contributed by atoms with Crippen LogP contribution in [-0.4, -0.2) is 31.8 Å². The Bertz CT molecular complexity index is 977. The molecule has 0 saturated carbocycles. The average molecular weight is 506 g/mol. The molecule has 2 aliphatic heterocycles. The second kappa shape index (κ2) is 10.2. The zero-order valence-corrected chi connectivity index (χ0v) is 20.6. The van der Waals surface area contributed by atoms with E-state index in [-0.39, 0.29) is 18.1 Å². The van der Waals surface area contributed by atoms with Crippen LogP contribution in [0.2, 0.25) is 0 Å². The van der Waals surface area contributed by atoms with Gasteiger partial charge in [-0.05, 0) is 61.1 Å². The van der Waals surface area contributed by atoms with E-state index in [1.807, 2.05) is 36.4 Å². The first-order valence-corrected chi connectivity index (χ1v) is 13.9. The van der Waals surface area contributed by atoms with Crippen molar-refractivity contribution in [2.45, 2.75) is 86.7 Å². The molecule has 0 unspecified atom stereocenters. The third-order valence-corrected chi connectivity index (χ3v) is 9.52. The highest BCUT2D eigenvalue weighted by Crippen LogP contribution is 2.36. The zero-order valence-electron chi connectivity index (χ0n) is 18.2. The van der Waals surface area contributed by atoms with Crippen molar-refractivity contribution in [3.8, 4) is 0 Å². The van der Waals surface area contributed by atoms with E-state index in [1.54, 1.807) is 0 Å². The zero-order chi connectivity index (χ0) is 21.8. The van der Waals surface area contributed by atoms with Gasteiger partial charge < -0.3 is 10.6 Å². The van der Waals surface area contributed by atoms with Gasteiger partial charge in [-0.2, -0.15) is 0 Å². The molecular weight excluding hydrogens is 472 g/mol. The number of sulfone groups is 1. The molecular formula is C25H33BrN2O2S. The van der Waals surface area contributed by atoms with Gasteiger partial charge in [0.05, 0.1) is 10.1 Å². The minimum Gasteiger partial charge on any atom is -0.308 e. The second-order valence-corrected chi connectivity index (χ2v) is 12.0. The number of nitrogens with one attached hydrogen (secondary N) is 2. The number of aryl methyl sites for hydroxylation is 1. The number of unbranched alkanes of at least 4 members (excludes halogenated alkanes) is 3. The van der Waals surface area contributed by atoms with Crippen LogP contribution >= 0.6 is 15.9 Å². The van der Waals surface area contributed by atoms with Crippen molar-refractivity contribution >= 4 is 25.8 Å². The van der Waals surface area contributed by atoms with Crippen LogP contribution in [0.5, 0.6) is 0 Å². The number of benzene rings is 2. The van der Waals surface area contributed by atoms with Gasteiger partial charge in [-0.3, -0.25) is 0 Å². The standard InChI is InChI=1S/C25H33BrN2O2S/c1-2-3-4-5-7-18-10-12-21(13-11-18)31(29,30)25-23-15-14-22(28-23)24(25)27-17-19-8-6-9-20(26)16-19/h6,8-13,16,22-25,27-28H,2-5,7,14-15,17H2,1H3/t22-,23+,24-,25+/m1/s1. The molecule has 4 atom stereocenters. The first-order valence-electron chi connectivity index (χ1n) is 11.6. The fourth-order valence-corrected chi connectivity index (χ4v) is 7.73. The van der Waals surface area contributed by atoms with Gasteiger partial charge in [0, 0.05) is 29.1 Å². The van der Waals surface area contributed by atoms with Crippen molar-refractivity contribution in [2.75, 3.05) is 0 Å². The monoisotopic (exact) mass is 504 g/mol. The summed E-state index contributed by atoms with van der Waals surface area (Å²) in [6.07, 6.45) is 7.87. The van der Waals surface area contributed by atoms with E-state index in [9.17, 15) is 8.42 Å².